The first-order valence-corrected chi connectivity index (χ1v) is 7.89. The summed E-state index contributed by atoms with van der Waals surface area (Å²) in [5.41, 5.74) is 1.80. The van der Waals surface area contributed by atoms with E-state index in [0.29, 0.717) is 29.4 Å². The van der Waals surface area contributed by atoms with Crippen molar-refractivity contribution in [3.8, 4) is 11.5 Å². The zero-order valence-electron chi connectivity index (χ0n) is 14.7. The molecule has 0 fully saturated rings. The van der Waals surface area contributed by atoms with E-state index in [4.69, 9.17) is 14.2 Å². The fourth-order valence-electron chi connectivity index (χ4n) is 2.21. The Morgan fingerprint density at radius 3 is 2.68 bits per heavy atom. The molecule has 25 heavy (non-hydrogen) atoms. The zero-order chi connectivity index (χ0) is 18.1. The van der Waals surface area contributed by atoms with Gasteiger partial charge < -0.3 is 24.8 Å². The largest absolute Gasteiger partial charge is 0.497 e. The number of hydrogen-bond acceptors (Lipinski definition) is 6. The van der Waals surface area contributed by atoms with E-state index in [2.05, 4.69) is 15.6 Å². The SMILES string of the molecule is COCCCNc1cncc(C(=O)Nc2ccc(OC)cc2OC)c1. The average molecular weight is 345 g/mol. The van der Waals surface area contributed by atoms with Crippen molar-refractivity contribution in [2.45, 2.75) is 6.42 Å². The van der Waals surface area contributed by atoms with E-state index in [-0.39, 0.29) is 5.91 Å². The molecule has 7 nitrogen and oxygen atoms in total. The quantitative estimate of drug-likeness (QED) is 0.680. The highest BCUT2D eigenvalue weighted by atomic mass is 16.5. The van der Waals surface area contributed by atoms with Crippen molar-refractivity contribution in [3.05, 3.63) is 42.2 Å². The fourth-order valence-corrected chi connectivity index (χ4v) is 2.21. The Balaban J connectivity index is 2.05. The number of pyridine rings is 1. The smallest absolute Gasteiger partial charge is 0.257 e. The molecule has 0 saturated carbocycles. The molecule has 0 aliphatic rings. The molecule has 134 valence electrons. The van der Waals surface area contributed by atoms with Crippen LogP contribution in [0.25, 0.3) is 0 Å². The highest BCUT2D eigenvalue weighted by Crippen LogP contribution is 2.29. The Labute approximate surface area is 147 Å². The minimum Gasteiger partial charge on any atom is -0.497 e. The number of aromatic nitrogens is 1. The van der Waals surface area contributed by atoms with Crippen molar-refractivity contribution in [2.75, 3.05) is 45.1 Å². The number of methoxy groups -OCH3 is 3. The monoisotopic (exact) mass is 345 g/mol. The highest BCUT2D eigenvalue weighted by molar-refractivity contribution is 6.05. The standard InChI is InChI=1S/C18H23N3O4/c1-23-8-4-7-20-14-9-13(11-19-12-14)18(22)21-16-6-5-15(24-2)10-17(16)25-3/h5-6,9-12,20H,4,7-8H2,1-3H3,(H,21,22). The van der Waals surface area contributed by atoms with Gasteiger partial charge in [0.2, 0.25) is 0 Å². The Kier molecular flexibility index (Phi) is 7.03. The van der Waals surface area contributed by atoms with Crippen LogP contribution in [-0.2, 0) is 4.74 Å². The molecule has 0 bridgehead atoms. The van der Waals surface area contributed by atoms with Gasteiger partial charge >= 0.3 is 0 Å². The molecule has 1 heterocycles. The number of nitrogens with zero attached hydrogens (tertiary/aromatic N) is 1. The summed E-state index contributed by atoms with van der Waals surface area (Å²) in [5, 5.41) is 6.04. The van der Waals surface area contributed by atoms with Crippen LogP contribution in [-0.4, -0.2) is 45.4 Å². The topological polar surface area (TPSA) is 81.7 Å². The Morgan fingerprint density at radius 2 is 1.96 bits per heavy atom. The molecule has 1 aromatic carbocycles. The lowest BCUT2D eigenvalue weighted by atomic mass is 10.2. The van der Waals surface area contributed by atoms with Gasteiger partial charge in [0.05, 0.1) is 31.2 Å². The maximum atomic E-state index is 12.5. The summed E-state index contributed by atoms with van der Waals surface area (Å²) >= 11 is 0. The zero-order valence-corrected chi connectivity index (χ0v) is 14.7. The molecule has 0 aliphatic carbocycles. The number of carbonyl (C=O) groups excluding carboxylic acids is 1. The predicted molar refractivity (Wildman–Crippen MR) is 96.7 cm³/mol. The van der Waals surface area contributed by atoms with Crippen LogP contribution in [0.2, 0.25) is 0 Å². The van der Waals surface area contributed by atoms with E-state index in [0.717, 1.165) is 18.7 Å². The molecule has 0 spiro atoms. The first-order valence-electron chi connectivity index (χ1n) is 7.89. The number of carbonyl (C=O) groups is 1. The van der Waals surface area contributed by atoms with E-state index >= 15 is 0 Å². The first kappa shape index (κ1) is 18.5. The van der Waals surface area contributed by atoms with Crippen LogP contribution in [0.15, 0.2) is 36.7 Å². The molecule has 1 aromatic heterocycles. The Bertz CT molecular complexity index is 706. The van der Waals surface area contributed by atoms with E-state index in [1.807, 2.05) is 0 Å². The van der Waals surface area contributed by atoms with Crippen molar-refractivity contribution in [1.29, 1.82) is 0 Å². The summed E-state index contributed by atoms with van der Waals surface area (Å²) in [6, 6.07) is 6.95. The molecule has 0 atom stereocenters. The normalized spacial score (nSPS) is 10.2. The van der Waals surface area contributed by atoms with E-state index in [9.17, 15) is 4.79 Å². The van der Waals surface area contributed by atoms with Crippen molar-refractivity contribution in [3.63, 3.8) is 0 Å². The highest BCUT2D eigenvalue weighted by Gasteiger charge is 2.11. The molecule has 1 amide bonds. The third-order valence-electron chi connectivity index (χ3n) is 3.51. The number of nitrogens with one attached hydrogen (secondary N) is 2. The average Bonchev–Trinajstić information content (AvgIpc) is 2.65. The van der Waals surface area contributed by atoms with Gasteiger partial charge in [-0.3, -0.25) is 9.78 Å². The minimum atomic E-state index is -0.267. The molecule has 0 unspecified atom stereocenters. The van der Waals surface area contributed by atoms with Gasteiger partial charge in [-0.25, -0.2) is 0 Å². The van der Waals surface area contributed by atoms with Gasteiger partial charge in [0.1, 0.15) is 11.5 Å². The first-order chi connectivity index (χ1) is 12.2. The maximum Gasteiger partial charge on any atom is 0.257 e. The van der Waals surface area contributed by atoms with Crippen molar-refractivity contribution >= 4 is 17.3 Å². The number of amides is 1. The number of rotatable bonds is 9. The van der Waals surface area contributed by atoms with Crippen LogP contribution in [0.3, 0.4) is 0 Å². The summed E-state index contributed by atoms with van der Waals surface area (Å²) in [6.45, 7) is 1.42. The second-order valence-corrected chi connectivity index (χ2v) is 5.26. The number of hydrogen-bond donors (Lipinski definition) is 2. The summed E-state index contributed by atoms with van der Waals surface area (Å²) in [7, 11) is 4.78. The van der Waals surface area contributed by atoms with Gasteiger partial charge in [-0.1, -0.05) is 0 Å². The van der Waals surface area contributed by atoms with E-state index in [1.54, 1.807) is 44.7 Å². The van der Waals surface area contributed by atoms with Crippen LogP contribution >= 0.6 is 0 Å². The van der Waals surface area contributed by atoms with Crippen LogP contribution in [0, 0.1) is 0 Å². The molecule has 0 aliphatic heterocycles. The summed E-state index contributed by atoms with van der Waals surface area (Å²) < 4.78 is 15.4. The lowest BCUT2D eigenvalue weighted by Crippen LogP contribution is -2.14. The summed E-state index contributed by atoms with van der Waals surface area (Å²) in [6.07, 6.45) is 4.07. The third kappa shape index (κ3) is 5.36. The molecule has 0 saturated heterocycles. The second kappa shape index (κ2) is 9.48. The van der Waals surface area contributed by atoms with Crippen LogP contribution in [0.5, 0.6) is 11.5 Å². The van der Waals surface area contributed by atoms with Gasteiger partial charge in [0.25, 0.3) is 5.91 Å². The molecule has 2 rings (SSSR count). The fraction of sp³-hybridized carbons (Fsp3) is 0.333. The van der Waals surface area contributed by atoms with Crippen LogP contribution in [0.1, 0.15) is 16.8 Å². The van der Waals surface area contributed by atoms with E-state index in [1.165, 1.54) is 13.3 Å². The van der Waals surface area contributed by atoms with Gasteiger partial charge in [0, 0.05) is 38.7 Å². The van der Waals surface area contributed by atoms with Crippen molar-refractivity contribution < 1.29 is 19.0 Å². The predicted octanol–water partition coefficient (Wildman–Crippen LogP) is 2.80. The van der Waals surface area contributed by atoms with Gasteiger partial charge in [-0.05, 0) is 24.6 Å². The van der Waals surface area contributed by atoms with Gasteiger partial charge in [-0.2, -0.15) is 0 Å². The van der Waals surface area contributed by atoms with Crippen LogP contribution in [0.4, 0.5) is 11.4 Å². The van der Waals surface area contributed by atoms with Gasteiger partial charge in [-0.15, -0.1) is 0 Å². The summed E-state index contributed by atoms with van der Waals surface area (Å²) in [4.78, 5) is 16.6. The number of benzene rings is 1. The van der Waals surface area contributed by atoms with E-state index < -0.39 is 0 Å². The van der Waals surface area contributed by atoms with Crippen molar-refractivity contribution in [1.82, 2.24) is 4.98 Å². The molecule has 7 heteroatoms. The van der Waals surface area contributed by atoms with Crippen molar-refractivity contribution in [2.24, 2.45) is 0 Å². The minimum absolute atomic E-state index is 0.267. The molecule has 2 N–H and O–H groups in total. The Hall–Kier alpha value is -2.80. The number of anilines is 2. The van der Waals surface area contributed by atoms with Gasteiger partial charge in [0.15, 0.2) is 0 Å². The molecule has 0 radical (unpaired) electrons. The molecule has 2 aromatic rings. The summed E-state index contributed by atoms with van der Waals surface area (Å²) in [5.74, 6) is 0.907. The third-order valence-corrected chi connectivity index (χ3v) is 3.51. The maximum absolute atomic E-state index is 12.5. The molecular weight excluding hydrogens is 322 g/mol. The second-order valence-electron chi connectivity index (χ2n) is 5.26. The number of ether oxygens (including phenoxy) is 3. The molecular formula is C18H23N3O4. The van der Waals surface area contributed by atoms with Crippen LogP contribution < -0.4 is 20.1 Å². The lowest BCUT2D eigenvalue weighted by Gasteiger charge is -2.12. The Morgan fingerprint density at radius 1 is 1.12 bits per heavy atom. The lowest BCUT2D eigenvalue weighted by molar-refractivity contribution is 0.102.